The number of carbonyl (C=O) groups excluding carboxylic acids is 3. The van der Waals surface area contributed by atoms with E-state index in [9.17, 15) is 24.6 Å². The number of β-lactam (4-membered cyclic amide) rings is 1. The van der Waals surface area contributed by atoms with Gasteiger partial charge in [-0.25, -0.2) is 4.79 Å². The van der Waals surface area contributed by atoms with Crippen LogP contribution in [0.2, 0.25) is 0 Å². The lowest BCUT2D eigenvalue weighted by Gasteiger charge is -2.47. The first-order valence-corrected chi connectivity index (χ1v) is 13.8. The molecule has 204 valence electrons. The van der Waals surface area contributed by atoms with Gasteiger partial charge in [0.1, 0.15) is 12.3 Å². The van der Waals surface area contributed by atoms with Gasteiger partial charge in [-0.3, -0.25) is 9.59 Å². The van der Waals surface area contributed by atoms with E-state index in [1.807, 2.05) is 18.2 Å². The van der Waals surface area contributed by atoms with Crippen molar-refractivity contribution in [2.45, 2.75) is 36.8 Å². The molecular weight excluding hydrogens is 520 g/mol. The second-order valence-corrected chi connectivity index (χ2v) is 11.4. The van der Waals surface area contributed by atoms with E-state index in [4.69, 9.17) is 9.47 Å². The number of hydrogen-bond donors (Lipinski definition) is 2. The van der Waals surface area contributed by atoms with Crippen LogP contribution in [0, 0.1) is 11.8 Å². The number of hydrogen-bond acceptors (Lipinski definition) is 9. The first-order valence-electron chi connectivity index (χ1n) is 13.0. The fourth-order valence-electron chi connectivity index (χ4n) is 6.68. The first-order chi connectivity index (χ1) is 18.8. The number of aliphatic hydroxyl groups is 2. The summed E-state index contributed by atoms with van der Waals surface area (Å²) in [5.74, 6) is -1.78. The Labute approximate surface area is 230 Å². The van der Waals surface area contributed by atoms with Crippen LogP contribution in [-0.2, 0) is 36.7 Å². The lowest BCUT2D eigenvalue weighted by molar-refractivity contribution is -0.163. The van der Waals surface area contributed by atoms with Gasteiger partial charge in [-0.2, -0.15) is 0 Å². The highest BCUT2D eigenvalue weighted by molar-refractivity contribution is 7.98. The number of esters is 1. The molecule has 0 bridgehead atoms. The van der Waals surface area contributed by atoms with E-state index < -0.39 is 18.0 Å². The largest absolute Gasteiger partial charge is 0.464 e. The summed E-state index contributed by atoms with van der Waals surface area (Å²) in [6, 6.07) is 7.64. The molecule has 1 unspecified atom stereocenters. The smallest absolute Gasteiger partial charge is 0.354 e. The molecule has 1 amide bonds. The third-order valence-electron chi connectivity index (χ3n) is 8.21. The maximum atomic E-state index is 13.0. The van der Waals surface area contributed by atoms with E-state index in [1.54, 1.807) is 18.9 Å². The molecule has 0 spiro atoms. The fraction of sp³-hybridized carbons (Fsp3) is 0.414. The predicted octanol–water partition coefficient (Wildman–Crippen LogP) is 2.07. The summed E-state index contributed by atoms with van der Waals surface area (Å²) in [5.41, 5.74) is 4.73. The first kappa shape index (κ1) is 26.1. The molecule has 39 heavy (non-hydrogen) atoms. The van der Waals surface area contributed by atoms with Crippen LogP contribution in [-0.4, -0.2) is 83.2 Å². The second-order valence-electron chi connectivity index (χ2n) is 10.4. The Balaban J connectivity index is 1.56. The molecule has 4 aliphatic rings. The zero-order chi connectivity index (χ0) is 27.6. The molecule has 0 aromatic heterocycles. The number of aliphatic hydroxyl groups excluding tert-OH is 2. The number of ether oxygens (including phenoxy) is 2. The Morgan fingerprint density at radius 1 is 1.18 bits per heavy atom. The zero-order valence-electron chi connectivity index (χ0n) is 22.0. The summed E-state index contributed by atoms with van der Waals surface area (Å²) in [5, 5.41) is 22.4. The molecule has 4 heterocycles. The number of carbonyl (C=O) groups is 3. The molecule has 2 aromatic carbocycles. The van der Waals surface area contributed by atoms with Crippen molar-refractivity contribution in [3.8, 4) is 0 Å². The minimum Gasteiger partial charge on any atom is -0.464 e. The zero-order valence-corrected chi connectivity index (χ0v) is 22.8. The molecule has 9 nitrogen and oxygen atoms in total. The lowest BCUT2D eigenvalue weighted by atomic mass is 9.75. The molecule has 2 aromatic rings. The summed E-state index contributed by atoms with van der Waals surface area (Å²) in [7, 11) is 2.80. The standard InChI is InChI=1S/C29H30N2O7S/c1-14(33)23-25-20-11-22-24-19(10-15(34)13-37-2)17(8-9-32)16-6-4-5-7-18(16)27(24)39-30(22)12-21(20)26(29(36)38-3)31(25)28(23)35/h4-7,11,14,20,23,25,32-33H,8-10,12-13H2,1-3H3/t14-,20+,23-,25?/m1/s1. The van der Waals surface area contributed by atoms with Crippen molar-refractivity contribution in [3.05, 3.63) is 58.3 Å². The van der Waals surface area contributed by atoms with Gasteiger partial charge in [0.05, 0.1) is 37.4 Å². The van der Waals surface area contributed by atoms with E-state index in [0.717, 1.165) is 43.6 Å². The quantitative estimate of drug-likeness (QED) is 0.289. The molecule has 2 N–H and O–H groups in total. The average molecular weight is 551 g/mol. The maximum absolute atomic E-state index is 13.0. The molecule has 10 heteroatoms. The van der Waals surface area contributed by atoms with Crippen LogP contribution < -0.4 is 0 Å². The molecule has 0 saturated carbocycles. The molecule has 0 aliphatic carbocycles. The molecule has 0 radical (unpaired) electrons. The summed E-state index contributed by atoms with van der Waals surface area (Å²) >= 11 is 1.55. The summed E-state index contributed by atoms with van der Waals surface area (Å²) < 4.78 is 12.3. The Kier molecular flexibility index (Phi) is 6.53. The van der Waals surface area contributed by atoms with E-state index in [2.05, 4.69) is 16.4 Å². The van der Waals surface area contributed by atoms with Crippen molar-refractivity contribution >= 4 is 46.1 Å². The van der Waals surface area contributed by atoms with E-state index in [0.29, 0.717) is 13.0 Å². The highest BCUT2D eigenvalue weighted by atomic mass is 32.2. The minimum absolute atomic E-state index is 0.0106. The van der Waals surface area contributed by atoms with Crippen molar-refractivity contribution in [2.24, 2.45) is 11.8 Å². The summed E-state index contributed by atoms with van der Waals surface area (Å²) in [6.07, 6.45) is 1.78. The third kappa shape index (κ3) is 3.76. The number of methoxy groups -OCH3 is 2. The second kappa shape index (κ2) is 9.78. The highest BCUT2D eigenvalue weighted by Gasteiger charge is 2.62. The van der Waals surface area contributed by atoms with Gasteiger partial charge in [-0.05, 0) is 52.8 Å². The summed E-state index contributed by atoms with van der Waals surface area (Å²) in [6.45, 7) is 1.92. The molecule has 4 atom stereocenters. The van der Waals surface area contributed by atoms with Crippen LogP contribution in [0.1, 0.15) is 23.6 Å². The van der Waals surface area contributed by atoms with Gasteiger partial charge >= 0.3 is 5.97 Å². The molecule has 1 fully saturated rings. The van der Waals surface area contributed by atoms with Crippen LogP contribution in [0.25, 0.3) is 16.5 Å². The Morgan fingerprint density at radius 2 is 1.92 bits per heavy atom. The van der Waals surface area contributed by atoms with Gasteiger partial charge in [0.25, 0.3) is 0 Å². The third-order valence-corrected chi connectivity index (χ3v) is 9.36. The molecule has 1 saturated heterocycles. The van der Waals surface area contributed by atoms with Gasteiger partial charge in [0.2, 0.25) is 5.91 Å². The highest BCUT2D eigenvalue weighted by Crippen LogP contribution is 2.57. The predicted molar refractivity (Wildman–Crippen MR) is 144 cm³/mol. The van der Waals surface area contributed by atoms with Crippen molar-refractivity contribution in [2.75, 3.05) is 34.0 Å². The van der Waals surface area contributed by atoms with Crippen molar-refractivity contribution in [1.82, 2.24) is 9.21 Å². The number of rotatable bonds is 8. The van der Waals surface area contributed by atoms with Gasteiger partial charge in [0.15, 0.2) is 5.78 Å². The lowest BCUT2D eigenvalue weighted by Crippen LogP contribution is -2.63. The van der Waals surface area contributed by atoms with Crippen LogP contribution >= 0.6 is 11.9 Å². The number of ketones is 1. The Hall–Kier alpha value is -3.18. The van der Waals surface area contributed by atoms with Gasteiger partial charge in [-0.1, -0.05) is 30.3 Å². The van der Waals surface area contributed by atoms with E-state index >= 15 is 0 Å². The van der Waals surface area contributed by atoms with E-state index in [1.165, 1.54) is 19.1 Å². The van der Waals surface area contributed by atoms with Crippen molar-refractivity contribution in [3.63, 3.8) is 0 Å². The SMILES string of the molecule is COCC(=O)Cc1c2c(c3ccccc3c1CCO)SN1CC3=C(C(=O)OC)N4C(=O)[C@H]([C@@H](C)O)C4[C@H]3C=C21. The van der Waals surface area contributed by atoms with Gasteiger partial charge in [-0.15, -0.1) is 0 Å². The number of Topliss-reactive ketones (excluding diaryl/α,β-unsaturated/α-hetero) is 1. The molecular formula is C29H30N2O7S. The van der Waals surface area contributed by atoms with Crippen molar-refractivity contribution in [1.29, 1.82) is 0 Å². The fourth-order valence-corrected chi connectivity index (χ4v) is 7.95. The van der Waals surface area contributed by atoms with Gasteiger partial charge < -0.3 is 28.9 Å². The molecule has 4 aliphatic heterocycles. The van der Waals surface area contributed by atoms with Crippen LogP contribution in [0.4, 0.5) is 0 Å². The van der Waals surface area contributed by atoms with Crippen LogP contribution in [0.5, 0.6) is 0 Å². The number of fused-ring (bicyclic) bond motifs is 8. The summed E-state index contributed by atoms with van der Waals surface area (Å²) in [4.78, 5) is 41.3. The average Bonchev–Trinajstić information content (AvgIpc) is 3.42. The molecule has 6 rings (SSSR count). The maximum Gasteiger partial charge on any atom is 0.354 e. The Morgan fingerprint density at radius 3 is 2.59 bits per heavy atom. The van der Waals surface area contributed by atoms with Gasteiger partial charge in [0, 0.05) is 36.5 Å². The number of amides is 1. The number of nitrogens with zero attached hydrogens (tertiary/aromatic N) is 2. The normalized spacial score (nSPS) is 23.7. The topological polar surface area (TPSA) is 117 Å². The van der Waals surface area contributed by atoms with Crippen molar-refractivity contribution < 1.29 is 34.1 Å². The minimum atomic E-state index is -0.860. The van der Waals surface area contributed by atoms with Crippen LogP contribution in [0.3, 0.4) is 0 Å². The monoisotopic (exact) mass is 550 g/mol. The van der Waals surface area contributed by atoms with Crippen LogP contribution in [0.15, 0.2) is 46.5 Å². The van der Waals surface area contributed by atoms with E-state index in [-0.39, 0.29) is 49.0 Å². The number of benzene rings is 2. The Bertz CT molecular complexity index is 1480.